The molecule has 1 aromatic heterocycles. The first-order valence-electron chi connectivity index (χ1n) is 7.90. The molecule has 4 nitrogen and oxygen atoms in total. The molecule has 0 unspecified atom stereocenters. The summed E-state index contributed by atoms with van der Waals surface area (Å²) in [5, 5.41) is 3.21. The van der Waals surface area contributed by atoms with Crippen LogP contribution in [0.1, 0.15) is 44.9 Å². The highest BCUT2D eigenvalue weighted by molar-refractivity contribution is 5.28. The lowest BCUT2D eigenvalue weighted by molar-refractivity contribution is 0.109. The van der Waals surface area contributed by atoms with E-state index < -0.39 is 0 Å². The van der Waals surface area contributed by atoms with Gasteiger partial charge in [0.1, 0.15) is 6.10 Å². The quantitative estimate of drug-likeness (QED) is 0.925. The van der Waals surface area contributed by atoms with Crippen molar-refractivity contribution in [3.05, 3.63) is 23.4 Å². The molecule has 21 heavy (non-hydrogen) atoms. The molecule has 1 saturated heterocycles. The van der Waals surface area contributed by atoms with Crippen LogP contribution in [0, 0.1) is 0 Å². The first kappa shape index (κ1) is 16.2. The van der Waals surface area contributed by atoms with Gasteiger partial charge in [-0.1, -0.05) is 20.8 Å². The van der Waals surface area contributed by atoms with Crippen LogP contribution >= 0.6 is 0 Å². The van der Waals surface area contributed by atoms with Crippen molar-refractivity contribution in [2.45, 2.75) is 51.7 Å². The second kappa shape index (κ2) is 6.75. The van der Waals surface area contributed by atoms with E-state index in [0.717, 1.165) is 44.0 Å². The maximum absolute atomic E-state index is 6.16. The average Bonchev–Trinajstić information content (AvgIpc) is 2.41. The molecule has 1 aliphatic rings. The van der Waals surface area contributed by atoms with Crippen LogP contribution in [-0.4, -0.2) is 43.2 Å². The van der Waals surface area contributed by atoms with Crippen LogP contribution in [0.25, 0.3) is 0 Å². The summed E-state index contributed by atoms with van der Waals surface area (Å²) in [6.45, 7) is 9.63. The van der Waals surface area contributed by atoms with Crippen LogP contribution in [0.3, 0.4) is 0 Å². The maximum atomic E-state index is 6.16. The van der Waals surface area contributed by atoms with Gasteiger partial charge in [-0.25, -0.2) is 4.98 Å². The van der Waals surface area contributed by atoms with E-state index in [2.05, 4.69) is 50.2 Å². The van der Waals surface area contributed by atoms with Crippen LogP contribution in [-0.2, 0) is 12.0 Å². The Morgan fingerprint density at radius 1 is 1.29 bits per heavy atom. The Bertz CT molecular complexity index is 460. The van der Waals surface area contributed by atoms with E-state index in [9.17, 15) is 0 Å². The Morgan fingerprint density at radius 3 is 2.52 bits per heavy atom. The van der Waals surface area contributed by atoms with Crippen molar-refractivity contribution in [3.8, 4) is 5.88 Å². The van der Waals surface area contributed by atoms with Crippen molar-refractivity contribution in [3.63, 3.8) is 0 Å². The normalized spacial score (nSPS) is 18.0. The molecule has 1 fully saturated rings. The number of nitrogens with zero attached hydrogens (tertiary/aromatic N) is 2. The van der Waals surface area contributed by atoms with E-state index in [4.69, 9.17) is 9.72 Å². The van der Waals surface area contributed by atoms with Crippen molar-refractivity contribution in [1.29, 1.82) is 0 Å². The first-order chi connectivity index (χ1) is 9.88. The number of rotatable bonds is 4. The average molecular weight is 291 g/mol. The van der Waals surface area contributed by atoms with Gasteiger partial charge in [-0.3, -0.25) is 0 Å². The second-order valence-electron chi connectivity index (χ2n) is 7.10. The van der Waals surface area contributed by atoms with E-state index in [0.29, 0.717) is 6.10 Å². The fourth-order valence-corrected chi connectivity index (χ4v) is 2.58. The van der Waals surface area contributed by atoms with Crippen molar-refractivity contribution in [2.24, 2.45) is 0 Å². The van der Waals surface area contributed by atoms with Crippen LogP contribution < -0.4 is 10.1 Å². The molecular weight excluding hydrogens is 262 g/mol. The molecule has 0 aliphatic carbocycles. The number of hydrogen-bond acceptors (Lipinski definition) is 4. The molecule has 2 heterocycles. The number of hydrogen-bond donors (Lipinski definition) is 1. The lowest BCUT2D eigenvalue weighted by Crippen LogP contribution is -2.35. The lowest BCUT2D eigenvalue weighted by atomic mass is 9.91. The highest BCUT2D eigenvalue weighted by Crippen LogP contribution is 2.25. The summed E-state index contributed by atoms with van der Waals surface area (Å²) in [6, 6.07) is 4.25. The molecule has 1 aliphatic heterocycles. The number of likely N-dealkylation sites (tertiary alicyclic amines) is 1. The lowest BCUT2D eigenvalue weighted by Gasteiger charge is -2.29. The highest BCUT2D eigenvalue weighted by atomic mass is 16.5. The Labute approximate surface area is 128 Å². The molecule has 0 spiro atoms. The minimum absolute atomic E-state index is 0.0364. The molecule has 0 radical (unpaired) electrons. The molecule has 1 N–H and O–H groups in total. The number of aromatic nitrogens is 1. The van der Waals surface area contributed by atoms with Gasteiger partial charge in [-0.15, -0.1) is 0 Å². The molecule has 2 rings (SSSR count). The Hall–Kier alpha value is -1.13. The van der Waals surface area contributed by atoms with Gasteiger partial charge in [-0.2, -0.15) is 0 Å². The Morgan fingerprint density at radius 2 is 1.95 bits per heavy atom. The minimum atomic E-state index is 0.0364. The van der Waals surface area contributed by atoms with Gasteiger partial charge in [0.25, 0.3) is 0 Å². The molecule has 0 amide bonds. The maximum Gasteiger partial charge on any atom is 0.214 e. The van der Waals surface area contributed by atoms with Gasteiger partial charge in [0, 0.05) is 31.1 Å². The predicted octanol–water partition coefficient (Wildman–Crippen LogP) is 2.57. The van der Waals surface area contributed by atoms with E-state index in [1.807, 2.05) is 7.05 Å². The van der Waals surface area contributed by atoms with Crippen LogP contribution in [0.4, 0.5) is 0 Å². The molecule has 0 atom stereocenters. The van der Waals surface area contributed by atoms with E-state index in [1.54, 1.807) is 0 Å². The zero-order valence-corrected chi connectivity index (χ0v) is 14.1. The Kier molecular flexibility index (Phi) is 5.22. The van der Waals surface area contributed by atoms with Crippen molar-refractivity contribution in [2.75, 3.05) is 27.2 Å². The molecule has 0 saturated carbocycles. The summed E-state index contributed by atoms with van der Waals surface area (Å²) in [7, 11) is 4.13. The smallest absolute Gasteiger partial charge is 0.214 e. The zero-order chi connectivity index (χ0) is 15.5. The SMILES string of the molecule is CNCc1cc(OC2CCN(C)CC2)nc(C(C)(C)C)c1. The second-order valence-corrected chi connectivity index (χ2v) is 7.10. The van der Waals surface area contributed by atoms with Gasteiger partial charge in [0.15, 0.2) is 0 Å². The fraction of sp³-hybridized carbons (Fsp3) is 0.706. The predicted molar refractivity (Wildman–Crippen MR) is 86.8 cm³/mol. The Balaban J connectivity index is 2.15. The summed E-state index contributed by atoms with van der Waals surface area (Å²) in [6.07, 6.45) is 2.46. The molecule has 0 aromatic carbocycles. The molecule has 118 valence electrons. The van der Waals surface area contributed by atoms with Gasteiger partial charge in [0.2, 0.25) is 5.88 Å². The van der Waals surface area contributed by atoms with Crippen LogP contribution in [0.2, 0.25) is 0 Å². The van der Waals surface area contributed by atoms with Crippen molar-refractivity contribution in [1.82, 2.24) is 15.2 Å². The van der Waals surface area contributed by atoms with Crippen molar-refractivity contribution >= 4 is 0 Å². The number of pyridine rings is 1. The third-order valence-corrected chi connectivity index (χ3v) is 3.96. The monoisotopic (exact) mass is 291 g/mol. The van der Waals surface area contributed by atoms with Crippen LogP contribution in [0.15, 0.2) is 12.1 Å². The molecule has 0 bridgehead atoms. The standard InChI is InChI=1S/C17H29N3O/c1-17(2,3)15-10-13(12-18-4)11-16(19-15)21-14-6-8-20(5)9-7-14/h10-11,14,18H,6-9,12H2,1-5H3. The highest BCUT2D eigenvalue weighted by Gasteiger charge is 2.21. The van der Waals surface area contributed by atoms with Gasteiger partial charge in [0.05, 0.1) is 5.69 Å². The zero-order valence-electron chi connectivity index (χ0n) is 14.1. The topological polar surface area (TPSA) is 37.4 Å². The fourth-order valence-electron chi connectivity index (χ4n) is 2.58. The van der Waals surface area contributed by atoms with Gasteiger partial charge >= 0.3 is 0 Å². The van der Waals surface area contributed by atoms with E-state index >= 15 is 0 Å². The third-order valence-electron chi connectivity index (χ3n) is 3.96. The van der Waals surface area contributed by atoms with E-state index in [-0.39, 0.29) is 5.41 Å². The number of ether oxygens (including phenoxy) is 1. The minimum Gasteiger partial charge on any atom is -0.474 e. The summed E-state index contributed by atoms with van der Waals surface area (Å²) in [4.78, 5) is 7.09. The number of piperidine rings is 1. The van der Waals surface area contributed by atoms with Gasteiger partial charge in [-0.05, 0) is 38.6 Å². The van der Waals surface area contributed by atoms with Gasteiger partial charge < -0.3 is 15.0 Å². The van der Waals surface area contributed by atoms with Crippen LogP contribution in [0.5, 0.6) is 5.88 Å². The number of nitrogens with one attached hydrogen (secondary N) is 1. The molecule has 4 heteroatoms. The summed E-state index contributed by atoms with van der Waals surface area (Å²) in [5.74, 6) is 0.780. The molecule has 1 aromatic rings. The first-order valence-corrected chi connectivity index (χ1v) is 7.90. The van der Waals surface area contributed by atoms with E-state index in [1.165, 1.54) is 5.56 Å². The van der Waals surface area contributed by atoms with Crippen molar-refractivity contribution < 1.29 is 4.74 Å². The summed E-state index contributed by atoms with van der Waals surface area (Å²) < 4.78 is 6.16. The largest absolute Gasteiger partial charge is 0.474 e. The summed E-state index contributed by atoms with van der Waals surface area (Å²) >= 11 is 0. The summed E-state index contributed by atoms with van der Waals surface area (Å²) in [5.41, 5.74) is 2.37. The third kappa shape index (κ3) is 4.68. The molecular formula is C17H29N3O.